The molecule has 4 N–H and O–H groups in total. The van der Waals surface area contributed by atoms with Gasteiger partial charge in [0.05, 0.1) is 21.8 Å². The molecule has 1 aromatic carbocycles. The minimum atomic E-state index is -1.30. The lowest BCUT2D eigenvalue weighted by Gasteiger charge is -2.18. The number of aromatic hydroxyl groups is 1. The first-order valence-corrected chi connectivity index (χ1v) is 9.67. The summed E-state index contributed by atoms with van der Waals surface area (Å²) in [7, 11) is -1.30. The minimum absolute atomic E-state index is 0.0215. The van der Waals surface area contributed by atoms with Crippen LogP contribution >= 0.6 is 0 Å². The first kappa shape index (κ1) is 19.6. The zero-order valence-corrected chi connectivity index (χ0v) is 15.3. The fourth-order valence-corrected chi connectivity index (χ4v) is 2.97. The van der Waals surface area contributed by atoms with Crippen LogP contribution < -0.4 is 5.32 Å². The van der Waals surface area contributed by atoms with Crippen LogP contribution in [-0.2, 0) is 22.1 Å². The van der Waals surface area contributed by atoms with E-state index in [1.54, 1.807) is 24.5 Å². The number of phenols is 1. The van der Waals surface area contributed by atoms with E-state index in [2.05, 4.69) is 15.3 Å². The van der Waals surface area contributed by atoms with Gasteiger partial charge in [0.25, 0.3) is 0 Å². The molecule has 0 saturated carbocycles. The zero-order chi connectivity index (χ0) is 18.2. The molecule has 0 aliphatic heterocycles. The summed E-state index contributed by atoms with van der Waals surface area (Å²) in [5, 5.41) is 23.2. The molecular weight excluding hydrogens is 342 g/mol. The molecule has 3 unspecified atom stereocenters. The third-order valence-electron chi connectivity index (χ3n) is 3.83. The van der Waals surface area contributed by atoms with Crippen LogP contribution in [-0.4, -0.2) is 49.8 Å². The summed E-state index contributed by atoms with van der Waals surface area (Å²) >= 11 is 0. The van der Waals surface area contributed by atoms with Crippen molar-refractivity contribution in [1.82, 2.24) is 15.3 Å². The lowest BCUT2D eigenvalue weighted by molar-refractivity contribution is 0.105. The number of hydrogen-bond donors (Lipinski definition) is 4. The van der Waals surface area contributed by atoms with E-state index < -0.39 is 16.9 Å². The first-order valence-electron chi connectivity index (χ1n) is 8.11. The second kappa shape index (κ2) is 9.67. The number of aliphatic hydroxyl groups is 1. The van der Waals surface area contributed by atoms with Gasteiger partial charge in [0.15, 0.2) is 0 Å². The maximum atomic E-state index is 11.6. The van der Waals surface area contributed by atoms with Crippen molar-refractivity contribution in [2.45, 2.75) is 37.0 Å². The third kappa shape index (κ3) is 6.24. The summed E-state index contributed by atoms with van der Waals surface area (Å²) in [6.45, 7) is 3.42. The summed E-state index contributed by atoms with van der Waals surface area (Å²) in [6.07, 6.45) is 5.00. The molecule has 3 atom stereocenters. The zero-order valence-electron chi connectivity index (χ0n) is 14.4. The number of aliphatic hydroxyl groups excluding tert-OH is 1. The average molecular weight is 367 g/mol. The normalized spacial score (nSPS) is 15.0. The van der Waals surface area contributed by atoms with Gasteiger partial charge in [0, 0.05) is 37.8 Å². The topological polar surface area (TPSA) is 107 Å². The van der Waals surface area contributed by atoms with Gasteiger partial charge in [-0.1, -0.05) is 6.07 Å². The van der Waals surface area contributed by atoms with Crippen molar-refractivity contribution in [1.29, 1.82) is 0 Å². The van der Waals surface area contributed by atoms with E-state index >= 15 is 0 Å². The van der Waals surface area contributed by atoms with Crippen LogP contribution in [0.3, 0.4) is 0 Å². The van der Waals surface area contributed by atoms with Crippen molar-refractivity contribution < 1.29 is 19.2 Å². The number of aromatic amines is 1. The fourth-order valence-electron chi connectivity index (χ4n) is 2.31. The summed E-state index contributed by atoms with van der Waals surface area (Å²) < 4.78 is 17.1. The van der Waals surface area contributed by atoms with E-state index in [-0.39, 0.29) is 11.8 Å². The highest BCUT2D eigenvalue weighted by Gasteiger charge is 2.13. The van der Waals surface area contributed by atoms with Gasteiger partial charge in [-0.05, 0) is 31.0 Å². The second-order valence-corrected chi connectivity index (χ2v) is 7.23. The van der Waals surface area contributed by atoms with Gasteiger partial charge in [-0.3, -0.25) is 4.21 Å². The molecule has 0 saturated heterocycles. The van der Waals surface area contributed by atoms with Crippen LogP contribution in [0, 0.1) is 0 Å². The van der Waals surface area contributed by atoms with Crippen molar-refractivity contribution in [2.24, 2.45) is 0 Å². The molecule has 0 amide bonds. The number of imidazole rings is 1. The maximum absolute atomic E-state index is 11.6. The van der Waals surface area contributed by atoms with Gasteiger partial charge in [0.2, 0.25) is 0 Å². The van der Waals surface area contributed by atoms with Crippen molar-refractivity contribution in [3.63, 3.8) is 0 Å². The highest BCUT2D eigenvalue weighted by molar-refractivity contribution is 7.84. The molecule has 0 aliphatic carbocycles. The summed E-state index contributed by atoms with van der Waals surface area (Å²) in [5.74, 6) is 0.777. The Morgan fingerprint density at radius 3 is 2.92 bits per heavy atom. The number of H-pyrrole nitrogens is 1. The van der Waals surface area contributed by atoms with E-state index in [4.69, 9.17) is 4.74 Å². The molecule has 138 valence electrons. The molecule has 0 fully saturated rings. The van der Waals surface area contributed by atoms with Crippen LogP contribution in [0.5, 0.6) is 5.75 Å². The second-order valence-electron chi connectivity index (χ2n) is 5.88. The number of nitrogens with zero attached hydrogens (tertiary/aromatic N) is 1. The standard InChI is InChI=1S/C17H25N3O4S/c1-12(5-8-24-11-17-18-6-7-19-17)20-10-15(22)13-3-4-14(21)16(9-13)25(2)23/h3-4,6-7,9,12,15,20-22H,5,8,10-11H2,1-2H3,(H,18,19). The highest BCUT2D eigenvalue weighted by atomic mass is 32.2. The molecule has 7 nitrogen and oxygen atoms in total. The van der Waals surface area contributed by atoms with Crippen molar-refractivity contribution in [2.75, 3.05) is 19.4 Å². The van der Waals surface area contributed by atoms with Gasteiger partial charge < -0.3 is 25.3 Å². The van der Waals surface area contributed by atoms with Crippen LogP contribution in [0.2, 0.25) is 0 Å². The van der Waals surface area contributed by atoms with Crippen LogP contribution in [0.4, 0.5) is 0 Å². The largest absolute Gasteiger partial charge is 0.507 e. The number of rotatable bonds is 10. The van der Waals surface area contributed by atoms with E-state index in [1.807, 2.05) is 6.92 Å². The molecule has 2 rings (SSSR count). The molecule has 0 aliphatic rings. The quantitative estimate of drug-likeness (QED) is 0.474. The van der Waals surface area contributed by atoms with E-state index in [1.165, 1.54) is 12.3 Å². The van der Waals surface area contributed by atoms with Crippen LogP contribution in [0.1, 0.15) is 30.8 Å². The Hall–Kier alpha value is -1.74. The molecule has 25 heavy (non-hydrogen) atoms. The smallest absolute Gasteiger partial charge is 0.132 e. The predicted molar refractivity (Wildman–Crippen MR) is 95.7 cm³/mol. The van der Waals surface area contributed by atoms with Crippen LogP contribution in [0.15, 0.2) is 35.5 Å². The average Bonchev–Trinajstić information content (AvgIpc) is 3.10. The number of nitrogens with one attached hydrogen (secondary N) is 2. The van der Waals surface area contributed by atoms with Crippen molar-refractivity contribution in [3.05, 3.63) is 42.0 Å². The van der Waals surface area contributed by atoms with Gasteiger partial charge >= 0.3 is 0 Å². The molecular formula is C17H25N3O4S. The maximum Gasteiger partial charge on any atom is 0.132 e. The minimum Gasteiger partial charge on any atom is -0.507 e. The van der Waals surface area contributed by atoms with Gasteiger partial charge in [-0.15, -0.1) is 0 Å². The Morgan fingerprint density at radius 2 is 2.24 bits per heavy atom. The fraction of sp³-hybridized carbons (Fsp3) is 0.471. The Labute approximate surface area is 149 Å². The Balaban J connectivity index is 1.72. The SMILES string of the molecule is CC(CCOCc1ncc[nH]1)NCC(O)c1ccc(O)c(S(C)=O)c1. The summed E-state index contributed by atoms with van der Waals surface area (Å²) in [5.41, 5.74) is 0.622. The lowest BCUT2D eigenvalue weighted by atomic mass is 10.1. The molecule has 1 aromatic heterocycles. The van der Waals surface area contributed by atoms with Crippen LogP contribution in [0.25, 0.3) is 0 Å². The highest BCUT2D eigenvalue weighted by Crippen LogP contribution is 2.24. The van der Waals surface area contributed by atoms with Crippen molar-refractivity contribution >= 4 is 10.8 Å². The summed E-state index contributed by atoms with van der Waals surface area (Å²) in [4.78, 5) is 7.39. The molecule has 0 bridgehead atoms. The van der Waals surface area contributed by atoms with E-state index in [0.717, 1.165) is 12.2 Å². The Morgan fingerprint density at radius 1 is 1.44 bits per heavy atom. The molecule has 1 heterocycles. The number of aromatic nitrogens is 2. The lowest BCUT2D eigenvalue weighted by Crippen LogP contribution is -2.31. The molecule has 8 heteroatoms. The number of ether oxygens (including phenoxy) is 1. The molecule has 0 spiro atoms. The number of phenolic OH excluding ortho intramolecular Hbond substituents is 1. The van der Waals surface area contributed by atoms with Gasteiger partial charge in [0.1, 0.15) is 18.2 Å². The monoisotopic (exact) mass is 367 g/mol. The Bertz CT molecular complexity index is 679. The van der Waals surface area contributed by atoms with E-state index in [0.29, 0.717) is 30.2 Å². The van der Waals surface area contributed by atoms with Crippen molar-refractivity contribution in [3.8, 4) is 5.75 Å². The third-order valence-corrected chi connectivity index (χ3v) is 4.77. The Kier molecular flexibility index (Phi) is 7.57. The molecule has 0 radical (unpaired) electrons. The number of benzene rings is 1. The van der Waals surface area contributed by atoms with Gasteiger partial charge in [-0.25, -0.2) is 4.98 Å². The van der Waals surface area contributed by atoms with E-state index in [9.17, 15) is 14.4 Å². The summed E-state index contributed by atoms with van der Waals surface area (Å²) in [6, 6.07) is 4.84. The first-order chi connectivity index (χ1) is 12.0. The number of hydrogen-bond acceptors (Lipinski definition) is 6. The van der Waals surface area contributed by atoms with Gasteiger partial charge in [-0.2, -0.15) is 0 Å². The predicted octanol–water partition coefficient (Wildman–Crippen LogP) is 1.47. The molecule has 2 aromatic rings.